The Morgan fingerprint density at radius 2 is 1.88 bits per heavy atom. The fourth-order valence-electron chi connectivity index (χ4n) is 1.79. The third-order valence-corrected chi connectivity index (χ3v) is 2.70. The Balaban J connectivity index is 1.58. The van der Waals surface area contributed by atoms with Crippen LogP contribution in [0.5, 0.6) is 0 Å². The Hall–Kier alpha value is -0.900. The van der Waals surface area contributed by atoms with Crippen LogP contribution >= 0.6 is 0 Å². The van der Waals surface area contributed by atoms with Crippen LogP contribution in [0.15, 0.2) is 30.3 Å². The van der Waals surface area contributed by atoms with E-state index < -0.39 is 0 Å². The van der Waals surface area contributed by atoms with Gasteiger partial charge < -0.3 is 4.74 Å². The number of hydrogen-bond donors (Lipinski definition) is 0. The molecule has 88 valence electrons. The molecule has 0 N–H and O–H groups in total. The van der Waals surface area contributed by atoms with Crippen LogP contribution in [0, 0.1) is 0 Å². The van der Waals surface area contributed by atoms with Crippen LogP contribution < -0.4 is 0 Å². The molecule has 1 fully saturated rings. The maximum Gasteiger partial charge on any atom is 0.0688 e. The monoisotopic (exact) mass is 221 g/mol. The van der Waals surface area contributed by atoms with Gasteiger partial charge >= 0.3 is 0 Å². The van der Waals surface area contributed by atoms with Gasteiger partial charge in [0.15, 0.2) is 0 Å². The van der Waals surface area contributed by atoms with Crippen LogP contribution in [0.4, 0.5) is 0 Å². The molecule has 3 heteroatoms. The van der Waals surface area contributed by atoms with Crippen molar-refractivity contribution in [3.05, 3.63) is 35.9 Å². The summed E-state index contributed by atoms with van der Waals surface area (Å²) < 4.78 is 5.25. The summed E-state index contributed by atoms with van der Waals surface area (Å²) in [7, 11) is 0. The van der Waals surface area contributed by atoms with Crippen LogP contribution in [-0.4, -0.2) is 38.0 Å². The summed E-state index contributed by atoms with van der Waals surface area (Å²) in [6.45, 7) is 4.17. The lowest BCUT2D eigenvalue weighted by Gasteiger charge is -2.25. The lowest BCUT2D eigenvalue weighted by atomic mass is 10.1. The highest BCUT2D eigenvalue weighted by molar-refractivity contribution is 5.14. The SMILES string of the molecule is c1ccc(CCCON2CCOCC2)cc1. The van der Waals surface area contributed by atoms with Crippen molar-refractivity contribution < 1.29 is 9.57 Å². The Morgan fingerprint density at radius 1 is 1.12 bits per heavy atom. The van der Waals surface area contributed by atoms with Gasteiger partial charge in [-0.2, -0.15) is 5.06 Å². The van der Waals surface area contributed by atoms with Crippen molar-refractivity contribution >= 4 is 0 Å². The van der Waals surface area contributed by atoms with Crippen molar-refractivity contribution in [3.63, 3.8) is 0 Å². The van der Waals surface area contributed by atoms with Crippen LogP contribution in [-0.2, 0) is 16.0 Å². The predicted octanol–water partition coefficient (Wildman–Crippen LogP) is 1.88. The Bertz CT molecular complexity index is 283. The standard InChI is InChI=1S/C13H19NO2/c1-2-5-13(6-3-1)7-4-10-16-14-8-11-15-12-9-14/h1-3,5-6H,4,7-12H2. The van der Waals surface area contributed by atoms with Gasteiger partial charge in [-0.25, -0.2) is 0 Å². The number of benzene rings is 1. The number of ether oxygens (including phenoxy) is 1. The van der Waals surface area contributed by atoms with Crippen molar-refractivity contribution in [2.24, 2.45) is 0 Å². The van der Waals surface area contributed by atoms with Crippen molar-refractivity contribution in [1.29, 1.82) is 0 Å². The smallest absolute Gasteiger partial charge is 0.0688 e. The van der Waals surface area contributed by atoms with E-state index in [-0.39, 0.29) is 0 Å². The van der Waals surface area contributed by atoms with Gasteiger partial charge in [-0.1, -0.05) is 30.3 Å². The molecule has 0 aliphatic carbocycles. The van der Waals surface area contributed by atoms with Crippen LogP contribution in [0.3, 0.4) is 0 Å². The molecule has 0 amide bonds. The quantitative estimate of drug-likeness (QED) is 0.709. The third-order valence-electron chi connectivity index (χ3n) is 2.70. The number of hydrogen-bond acceptors (Lipinski definition) is 3. The second-order valence-corrected chi connectivity index (χ2v) is 3.96. The molecule has 1 saturated heterocycles. The second-order valence-electron chi connectivity index (χ2n) is 3.96. The number of morpholine rings is 1. The van der Waals surface area contributed by atoms with Gasteiger partial charge in [0.2, 0.25) is 0 Å². The summed E-state index contributed by atoms with van der Waals surface area (Å²) >= 11 is 0. The highest BCUT2D eigenvalue weighted by atomic mass is 16.7. The molecule has 1 aromatic rings. The first-order valence-corrected chi connectivity index (χ1v) is 5.95. The molecule has 16 heavy (non-hydrogen) atoms. The van der Waals surface area contributed by atoms with E-state index in [1.54, 1.807) is 0 Å². The van der Waals surface area contributed by atoms with Crippen molar-refractivity contribution in [2.45, 2.75) is 12.8 Å². The average Bonchev–Trinajstić information content (AvgIpc) is 2.37. The molecule has 0 aromatic heterocycles. The van der Waals surface area contributed by atoms with E-state index in [0.717, 1.165) is 45.8 Å². The summed E-state index contributed by atoms with van der Waals surface area (Å²) in [5, 5.41) is 2.01. The maximum atomic E-state index is 5.66. The van der Waals surface area contributed by atoms with Crippen LogP contribution in [0.25, 0.3) is 0 Å². The largest absolute Gasteiger partial charge is 0.379 e. The topological polar surface area (TPSA) is 21.7 Å². The fraction of sp³-hybridized carbons (Fsp3) is 0.538. The first-order valence-electron chi connectivity index (χ1n) is 5.95. The Kier molecular flexibility index (Phi) is 4.80. The summed E-state index contributed by atoms with van der Waals surface area (Å²) in [5.74, 6) is 0. The van der Waals surface area contributed by atoms with Crippen molar-refractivity contribution in [1.82, 2.24) is 5.06 Å². The minimum atomic E-state index is 0.790. The summed E-state index contributed by atoms with van der Waals surface area (Å²) in [6.07, 6.45) is 2.16. The van der Waals surface area contributed by atoms with Gasteiger partial charge in [0.1, 0.15) is 0 Å². The van der Waals surface area contributed by atoms with Gasteiger partial charge in [-0.3, -0.25) is 4.84 Å². The zero-order valence-electron chi connectivity index (χ0n) is 9.60. The van der Waals surface area contributed by atoms with E-state index in [9.17, 15) is 0 Å². The first-order chi connectivity index (χ1) is 7.95. The summed E-state index contributed by atoms with van der Waals surface area (Å²) in [5.41, 5.74) is 1.38. The molecule has 2 rings (SSSR count). The van der Waals surface area contributed by atoms with Crippen LogP contribution in [0.2, 0.25) is 0 Å². The van der Waals surface area contributed by atoms with Crippen LogP contribution in [0.1, 0.15) is 12.0 Å². The average molecular weight is 221 g/mol. The molecule has 1 heterocycles. The molecule has 0 saturated carbocycles. The van der Waals surface area contributed by atoms with E-state index in [0.29, 0.717) is 0 Å². The molecule has 1 aromatic carbocycles. The lowest BCUT2D eigenvalue weighted by molar-refractivity contribution is -0.194. The van der Waals surface area contributed by atoms with E-state index in [2.05, 4.69) is 24.3 Å². The Morgan fingerprint density at radius 3 is 2.62 bits per heavy atom. The van der Waals surface area contributed by atoms with E-state index in [1.165, 1.54) is 5.56 Å². The van der Waals surface area contributed by atoms with E-state index in [1.807, 2.05) is 11.1 Å². The normalized spacial score (nSPS) is 17.5. The number of rotatable bonds is 5. The molecule has 1 aliphatic heterocycles. The molecule has 0 unspecified atom stereocenters. The van der Waals surface area contributed by atoms with Crippen molar-refractivity contribution in [3.8, 4) is 0 Å². The fourth-order valence-corrected chi connectivity index (χ4v) is 1.79. The number of hydroxylamine groups is 2. The third kappa shape index (κ3) is 3.93. The van der Waals surface area contributed by atoms with E-state index >= 15 is 0 Å². The minimum absolute atomic E-state index is 0.790. The van der Waals surface area contributed by atoms with Gasteiger partial charge in [-0.05, 0) is 18.4 Å². The number of aryl methyl sites for hydroxylation is 1. The zero-order valence-corrected chi connectivity index (χ0v) is 9.60. The van der Waals surface area contributed by atoms with Crippen molar-refractivity contribution in [2.75, 3.05) is 32.9 Å². The zero-order chi connectivity index (χ0) is 11.1. The lowest BCUT2D eigenvalue weighted by Crippen LogP contribution is -2.36. The predicted molar refractivity (Wildman–Crippen MR) is 63.1 cm³/mol. The second kappa shape index (κ2) is 6.63. The molecule has 3 nitrogen and oxygen atoms in total. The molecule has 0 radical (unpaired) electrons. The Labute approximate surface area is 96.9 Å². The summed E-state index contributed by atoms with van der Waals surface area (Å²) in [6, 6.07) is 10.5. The first kappa shape index (κ1) is 11.6. The van der Waals surface area contributed by atoms with Gasteiger partial charge in [-0.15, -0.1) is 0 Å². The molecular weight excluding hydrogens is 202 g/mol. The highest BCUT2D eigenvalue weighted by Crippen LogP contribution is 2.04. The molecule has 1 aliphatic rings. The minimum Gasteiger partial charge on any atom is -0.379 e. The molecule has 0 bridgehead atoms. The maximum absolute atomic E-state index is 5.66. The van der Waals surface area contributed by atoms with Gasteiger partial charge in [0.25, 0.3) is 0 Å². The summed E-state index contributed by atoms with van der Waals surface area (Å²) in [4.78, 5) is 5.66. The highest BCUT2D eigenvalue weighted by Gasteiger charge is 2.09. The number of nitrogens with zero attached hydrogens (tertiary/aromatic N) is 1. The molecular formula is C13H19NO2. The molecule has 0 spiro atoms. The van der Waals surface area contributed by atoms with Gasteiger partial charge in [0, 0.05) is 13.1 Å². The van der Waals surface area contributed by atoms with Gasteiger partial charge in [0.05, 0.1) is 19.8 Å². The van der Waals surface area contributed by atoms with E-state index in [4.69, 9.17) is 9.57 Å². The molecule has 0 atom stereocenters.